The largest absolute Gasteiger partial charge is 0.433 e. The maximum atomic E-state index is 12.5. The SMILES string of the molecule is CN(Cc1ccc(C(F)(F)F)cc1)C(=O)/C=C/c1ccc([N+](=O)[O-])o1. The van der Waals surface area contributed by atoms with E-state index in [1.807, 2.05) is 0 Å². The molecule has 0 spiro atoms. The summed E-state index contributed by atoms with van der Waals surface area (Å²) in [6.45, 7) is 0.111. The van der Waals surface area contributed by atoms with Gasteiger partial charge in [-0.3, -0.25) is 14.9 Å². The molecule has 6 nitrogen and oxygen atoms in total. The molecule has 1 amide bonds. The van der Waals surface area contributed by atoms with E-state index in [1.165, 1.54) is 36.2 Å². The minimum atomic E-state index is -4.41. The Labute approximate surface area is 140 Å². The number of alkyl halides is 3. The van der Waals surface area contributed by atoms with Gasteiger partial charge in [-0.2, -0.15) is 13.2 Å². The van der Waals surface area contributed by atoms with E-state index in [0.717, 1.165) is 24.3 Å². The van der Waals surface area contributed by atoms with Gasteiger partial charge in [-0.15, -0.1) is 0 Å². The predicted molar refractivity (Wildman–Crippen MR) is 82.3 cm³/mol. The van der Waals surface area contributed by atoms with Gasteiger partial charge in [-0.25, -0.2) is 0 Å². The highest BCUT2D eigenvalue weighted by Crippen LogP contribution is 2.29. The fourth-order valence-corrected chi connectivity index (χ4v) is 1.96. The summed E-state index contributed by atoms with van der Waals surface area (Å²) in [6.07, 6.45) is -1.97. The Bertz CT molecular complexity index is 794. The Balaban J connectivity index is 1.97. The second-order valence-electron chi connectivity index (χ2n) is 5.16. The van der Waals surface area contributed by atoms with Crippen LogP contribution in [-0.2, 0) is 17.5 Å². The van der Waals surface area contributed by atoms with Crippen LogP contribution in [0.5, 0.6) is 0 Å². The lowest BCUT2D eigenvalue weighted by atomic mass is 10.1. The van der Waals surface area contributed by atoms with E-state index >= 15 is 0 Å². The molecule has 2 rings (SSSR count). The second-order valence-corrected chi connectivity index (χ2v) is 5.16. The van der Waals surface area contributed by atoms with Crippen molar-refractivity contribution in [1.29, 1.82) is 0 Å². The summed E-state index contributed by atoms with van der Waals surface area (Å²) in [6, 6.07) is 7.00. The van der Waals surface area contributed by atoms with E-state index in [-0.39, 0.29) is 12.3 Å². The van der Waals surface area contributed by atoms with Crippen molar-refractivity contribution in [3.8, 4) is 0 Å². The molecule has 9 heteroatoms. The van der Waals surface area contributed by atoms with Gasteiger partial charge in [-0.1, -0.05) is 12.1 Å². The molecule has 2 aromatic rings. The number of halogens is 3. The second kappa shape index (κ2) is 7.20. The Hall–Kier alpha value is -3.10. The average molecular weight is 354 g/mol. The molecule has 0 radical (unpaired) electrons. The standard InChI is InChI=1S/C16H13F3N2O4/c1-20(10-11-2-4-12(5-3-11)16(17,18)19)14(22)8-6-13-7-9-15(25-13)21(23)24/h2-9H,10H2,1H3/b8-6+. The normalized spacial score (nSPS) is 11.7. The number of nitro groups is 1. The van der Waals surface area contributed by atoms with Gasteiger partial charge >= 0.3 is 12.1 Å². The third kappa shape index (κ3) is 4.93. The number of amides is 1. The lowest BCUT2D eigenvalue weighted by molar-refractivity contribution is -0.402. The summed E-state index contributed by atoms with van der Waals surface area (Å²) < 4.78 is 42.4. The van der Waals surface area contributed by atoms with E-state index in [4.69, 9.17) is 4.42 Å². The molecule has 1 aromatic carbocycles. The summed E-state index contributed by atoms with van der Waals surface area (Å²) in [4.78, 5) is 23.1. The average Bonchev–Trinajstić information content (AvgIpc) is 3.01. The molecule has 0 saturated carbocycles. The number of carbonyl (C=O) groups excluding carboxylic acids is 1. The monoisotopic (exact) mass is 354 g/mol. The number of benzene rings is 1. The molecule has 1 aromatic heterocycles. The van der Waals surface area contributed by atoms with Crippen LogP contribution in [0.2, 0.25) is 0 Å². The molecule has 132 valence electrons. The van der Waals surface area contributed by atoms with Crippen molar-refractivity contribution in [2.45, 2.75) is 12.7 Å². The van der Waals surface area contributed by atoms with Crippen molar-refractivity contribution in [3.63, 3.8) is 0 Å². The lowest BCUT2D eigenvalue weighted by Gasteiger charge is -2.15. The van der Waals surface area contributed by atoms with Crippen molar-refractivity contribution < 1.29 is 27.3 Å². The van der Waals surface area contributed by atoms with Crippen LogP contribution < -0.4 is 0 Å². The van der Waals surface area contributed by atoms with Gasteiger partial charge in [-0.05, 0) is 29.8 Å². The zero-order valence-corrected chi connectivity index (χ0v) is 13.0. The van der Waals surface area contributed by atoms with E-state index in [9.17, 15) is 28.1 Å². The molecule has 0 aliphatic heterocycles. The third-order valence-electron chi connectivity index (χ3n) is 3.26. The third-order valence-corrected chi connectivity index (χ3v) is 3.26. The molecular formula is C16H13F3N2O4. The number of carbonyl (C=O) groups is 1. The summed E-state index contributed by atoms with van der Waals surface area (Å²) in [5, 5.41) is 10.5. The molecular weight excluding hydrogens is 341 g/mol. The summed E-state index contributed by atoms with van der Waals surface area (Å²) in [5.74, 6) is -0.730. The van der Waals surface area contributed by atoms with Crippen LogP contribution in [0.15, 0.2) is 46.9 Å². The molecule has 0 aliphatic rings. The first kappa shape index (κ1) is 18.2. The zero-order valence-electron chi connectivity index (χ0n) is 13.0. The molecule has 0 unspecified atom stereocenters. The van der Waals surface area contributed by atoms with Crippen LogP contribution in [0.25, 0.3) is 6.08 Å². The molecule has 1 heterocycles. The van der Waals surface area contributed by atoms with Gasteiger partial charge < -0.3 is 9.32 Å². The number of hydrogen-bond acceptors (Lipinski definition) is 4. The van der Waals surface area contributed by atoms with E-state index in [0.29, 0.717) is 5.56 Å². The van der Waals surface area contributed by atoms with Crippen molar-refractivity contribution in [1.82, 2.24) is 4.90 Å². The van der Waals surface area contributed by atoms with Gasteiger partial charge in [0.2, 0.25) is 5.91 Å². The van der Waals surface area contributed by atoms with Crippen LogP contribution >= 0.6 is 0 Å². The van der Waals surface area contributed by atoms with Crippen LogP contribution in [-0.4, -0.2) is 22.8 Å². The Morgan fingerprint density at radius 1 is 1.24 bits per heavy atom. The van der Waals surface area contributed by atoms with Crippen molar-refractivity contribution in [3.05, 3.63) is 69.5 Å². The van der Waals surface area contributed by atoms with E-state index in [1.54, 1.807) is 0 Å². The van der Waals surface area contributed by atoms with Gasteiger partial charge in [0.15, 0.2) is 0 Å². The first-order valence-corrected chi connectivity index (χ1v) is 7.00. The van der Waals surface area contributed by atoms with Gasteiger partial charge in [0.1, 0.15) is 10.7 Å². The molecule has 0 saturated heterocycles. The first-order chi connectivity index (χ1) is 11.7. The maximum absolute atomic E-state index is 12.5. The predicted octanol–water partition coefficient (Wildman–Crippen LogP) is 3.88. The molecule has 0 aliphatic carbocycles. The summed E-state index contributed by atoms with van der Waals surface area (Å²) in [5.41, 5.74) is -0.226. The molecule has 0 atom stereocenters. The fraction of sp³-hybridized carbons (Fsp3) is 0.188. The van der Waals surface area contributed by atoms with E-state index in [2.05, 4.69) is 0 Å². The van der Waals surface area contributed by atoms with Crippen LogP contribution in [0, 0.1) is 10.1 Å². The van der Waals surface area contributed by atoms with Crippen LogP contribution in [0.1, 0.15) is 16.9 Å². The zero-order chi connectivity index (χ0) is 18.6. The van der Waals surface area contributed by atoms with Gasteiger partial charge in [0.05, 0.1) is 11.6 Å². The number of nitrogens with zero attached hydrogens (tertiary/aromatic N) is 2. The lowest BCUT2D eigenvalue weighted by Crippen LogP contribution is -2.24. The quantitative estimate of drug-likeness (QED) is 0.464. The highest BCUT2D eigenvalue weighted by molar-refractivity contribution is 5.91. The molecule has 25 heavy (non-hydrogen) atoms. The molecule has 0 N–H and O–H groups in total. The maximum Gasteiger partial charge on any atom is 0.433 e. The minimum Gasteiger partial charge on any atom is -0.401 e. The number of furan rings is 1. The van der Waals surface area contributed by atoms with Crippen LogP contribution in [0.3, 0.4) is 0 Å². The number of rotatable bonds is 5. The fourth-order valence-electron chi connectivity index (χ4n) is 1.96. The summed E-state index contributed by atoms with van der Waals surface area (Å²) in [7, 11) is 1.48. The highest BCUT2D eigenvalue weighted by Gasteiger charge is 2.29. The van der Waals surface area contributed by atoms with Gasteiger partial charge in [0.25, 0.3) is 0 Å². The Kier molecular flexibility index (Phi) is 5.26. The minimum absolute atomic E-state index is 0.111. The van der Waals surface area contributed by atoms with Crippen molar-refractivity contribution in [2.75, 3.05) is 7.05 Å². The summed E-state index contributed by atoms with van der Waals surface area (Å²) >= 11 is 0. The van der Waals surface area contributed by atoms with E-state index < -0.39 is 28.5 Å². The number of likely N-dealkylation sites (N-methyl/N-ethyl adjacent to an activating group) is 1. The van der Waals surface area contributed by atoms with Crippen molar-refractivity contribution in [2.24, 2.45) is 0 Å². The first-order valence-electron chi connectivity index (χ1n) is 7.00. The molecule has 0 fully saturated rings. The van der Waals surface area contributed by atoms with Crippen LogP contribution in [0.4, 0.5) is 19.1 Å². The smallest absolute Gasteiger partial charge is 0.401 e. The van der Waals surface area contributed by atoms with Gasteiger partial charge in [0, 0.05) is 19.7 Å². The highest BCUT2D eigenvalue weighted by atomic mass is 19.4. The molecule has 0 bridgehead atoms. The number of hydrogen-bond donors (Lipinski definition) is 0. The van der Waals surface area contributed by atoms with Crippen molar-refractivity contribution >= 4 is 17.9 Å². The Morgan fingerprint density at radius 2 is 1.88 bits per heavy atom. The topological polar surface area (TPSA) is 76.6 Å². The Morgan fingerprint density at radius 3 is 2.40 bits per heavy atom.